The van der Waals surface area contributed by atoms with Crippen LogP contribution in [0.3, 0.4) is 0 Å². The summed E-state index contributed by atoms with van der Waals surface area (Å²) in [4.78, 5) is 26.8. The lowest BCUT2D eigenvalue weighted by atomic mass is 10.1. The van der Waals surface area contributed by atoms with Gasteiger partial charge in [-0.1, -0.05) is 30.3 Å². The van der Waals surface area contributed by atoms with E-state index in [-0.39, 0.29) is 5.91 Å². The van der Waals surface area contributed by atoms with Crippen LogP contribution >= 0.6 is 11.3 Å². The Bertz CT molecular complexity index is 954. The Labute approximate surface area is 162 Å². The van der Waals surface area contributed by atoms with Gasteiger partial charge in [-0.15, -0.1) is 11.3 Å². The SMILES string of the molecule is CN(C)Cc1nc(N2CCNC(=O)CC2)c2c(-c3ccccc3)csc2n1. The van der Waals surface area contributed by atoms with E-state index < -0.39 is 0 Å². The molecule has 4 rings (SSSR count). The highest BCUT2D eigenvalue weighted by Gasteiger charge is 2.22. The van der Waals surface area contributed by atoms with E-state index in [0.29, 0.717) is 26.1 Å². The molecule has 1 fully saturated rings. The summed E-state index contributed by atoms with van der Waals surface area (Å²) in [6.45, 7) is 2.75. The normalized spacial score (nSPS) is 15.2. The maximum atomic E-state index is 11.8. The zero-order valence-electron chi connectivity index (χ0n) is 15.6. The van der Waals surface area contributed by atoms with Gasteiger partial charge in [0.2, 0.25) is 5.91 Å². The molecule has 140 valence electrons. The number of fused-ring (bicyclic) bond motifs is 1. The summed E-state index contributed by atoms with van der Waals surface area (Å²) in [5.41, 5.74) is 2.32. The minimum Gasteiger partial charge on any atom is -0.354 e. The van der Waals surface area contributed by atoms with Gasteiger partial charge in [0, 0.05) is 37.0 Å². The molecular weight excluding hydrogens is 358 g/mol. The van der Waals surface area contributed by atoms with E-state index in [1.165, 1.54) is 0 Å². The second kappa shape index (κ2) is 7.62. The van der Waals surface area contributed by atoms with Crippen LogP contribution < -0.4 is 10.2 Å². The number of thiophene rings is 1. The smallest absolute Gasteiger partial charge is 0.221 e. The van der Waals surface area contributed by atoms with Crippen LogP contribution in [0.15, 0.2) is 35.7 Å². The highest BCUT2D eigenvalue weighted by molar-refractivity contribution is 7.17. The van der Waals surface area contributed by atoms with Crippen LogP contribution in [0.5, 0.6) is 0 Å². The average Bonchev–Trinajstić information content (AvgIpc) is 2.96. The largest absolute Gasteiger partial charge is 0.354 e. The number of rotatable bonds is 4. The van der Waals surface area contributed by atoms with E-state index in [9.17, 15) is 4.79 Å². The van der Waals surface area contributed by atoms with E-state index in [2.05, 4.69) is 32.6 Å². The van der Waals surface area contributed by atoms with Crippen molar-refractivity contribution in [1.82, 2.24) is 20.2 Å². The first-order valence-corrected chi connectivity index (χ1v) is 9.99. The zero-order chi connectivity index (χ0) is 18.8. The van der Waals surface area contributed by atoms with E-state index in [0.717, 1.165) is 39.5 Å². The number of nitrogens with one attached hydrogen (secondary N) is 1. The van der Waals surface area contributed by atoms with Gasteiger partial charge < -0.3 is 15.1 Å². The molecule has 1 N–H and O–H groups in total. The van der Waals surface area contributed by atoms with Crippen LogP contribution in [0.2, 0.25) is 0 Å². The van der Waals surface area contributed by atoms with Gasteiger partial charge in [-0.2, -0.15) is 0 Å². The third-order valence-electron chi connectivity index (χ3n) is 4.62. The lowest BCUT2D eigenvalue weighted by molar-refractivity contribution is -0.120. The molecule has 0 unspecified atom stereocenters. The number of aromatic nitrogens is 2. The van der Waals surface area contributed by atoms with Gasteiger partial charge >= 0.3 is 0 Å². The monoisotopic (exact) mass is 381 g/mol. The lowest BCUT2D eigenvalue weighted by Gasteiger charge is -2.23. The number of benzene rings is 1. The number of carbonyl (C=O) groups excluding carboxylic acids is 1. The zero-order valence-corrected chi connectivity index (χ0v) is 16.4. The molecule has 7 heteroatoms. The Hall–Kier alpha value is -2.51. The number of hydrogen-bond donors (Lipinski definition) is 1. The first-order valence-electron chi connectivity index (χ1n) is 9.12. The summed E-state index contributed by atoms with van der Waals surface area (Å²) >= 11 is 1.66. The van der Waals surface area contributed by atoms with Crippen molar-refractivity contribution in [3.8, 4) is 11.1 Å². The molecule has 0 aliphatic carbocycles. The predicted molar refractivity (Wildman–Crippen MR) is 110 cm³/mol. The number of anilines is 1. The lowest BCUT2D eigenvalue weighted by Crippen LogP contribution is -2.29. The van der Waals surface area contributed by atoms with Gasteiger partial charge in [0.1, 0.15) is 16.5 Å². The van der Waals surface area contributed by atoms with E-state index >= 15 is 0 Å². The average molecular weight is 382 g/mol. The quantitative estimate of drug-likeness (QED) is 0.753. The van der Waals surface area contributed by atoms with Crippen molar-refractivity contribution in [3.05, 3.63) is 41.5 Å². The van der Waals surface area contributed by atoms with Crippen LogP contribution in [-0.2, 0) is 11.3 Å². The highest BCUT2D eigenvalue weighted by atomic mass is 32.1. The predicted octanol–water partition coefficient (Wildman–Crippen LogP) is 2.75. The summed E-state index contributed by atoms with van der Waals surface area (Å²) in [6, 6.07) is 10.4. The van der Waals surface area contributed by atoms with Crippen molar-refractivity contribution in [1.29, 1.82) is 0 Å². The van der Waals surface area contributed by atoms with Crippen molar-refractivity contribution in [2.24, 2.45) is 0 Å². The van der Waals surface area contributed by atoms with Crippen LogP contribution in [0, 0.1) is 0 Å². The highest BCUT2D eigenvalue weighted by Crippen LogP contribution is 2.38. The molecule has 0 spiro atoms. The Morgan fingerprint density at radius 3 is 2.78 bits per heavy atom. The van der Waals surface area contributed by atoms with Gasteiger partial charge in [0.15, 0.2) is 0 Å². The fourth-order valence-electron chi connectivity index (χ4n) is 3.36. The number of amides is 1. The molecule has 0 radical (unpaired) electrons. The Kier molecular flexibility index (Phi) is 5.05. The summed E-state index contributed by atoms with van der Waals surface area (Å²) in [5, 5.41) is 6.20. The molecule has 1 amide bonds. The van der Waals surface area contributed by atoms with Crippen LogP contribution in [-0.4, -0.2) is 54.5 Å². The molecule has 1 aliphatic rings. The molecule has 27 heavy (non-hydrogen) atoms. The standard InChI is InChI=1S/C20H23N5OS/c1-24(2)12-16-22-19(25-10-8-17(26)21-9-11-25)18-15(13-27-20(18)23-16)14-6-4-3-5-7-14/h3-7,13H,8-12H2,1-2H3,(H,21,26). The molecular formula is C20H23N5OS. The molecule has 0 bridgehead atoms. The maximum Gasteiger partial charge on any atom is 0.221 e. The molecule has 0 saturated carbocycles. The van der Waals surface area contributed by atoms with Gasteiger partial charge in [-0.25, -0.2) is 9.97 Å². The third kappa shape index (κ3) is 3.79. The van der Waals surface area contributed by atoms with Crippen molar-refractivity contribution in [2.75, 3.05) is 38.6 Å². The van der Waals surface area contributed by atoms with Crippen LogP contribution in [0.1, 0.15) is 12.2 Å². The molecule has 0 atom stereocenters. The van der Waals surface area contributed by atoms with Crippen molar-refractivity contribution in [3.63, 3.8) is 0 Å². The minimum atomic E-state index is 0.102. The van der Waals surface area contributed by atoms with Gasteiger partial charge in [-0.05, 0) is 19.7 Å². The van der Waals surface area contributed by atoms with Crippen LogP contribution in [0.25, 0.3) is 21.3 Å². The maximum absolute atomic E-state index is 11.8. The molecule has 1 aliphatic heterocycles. The third-order valence-corrected chi connectivity index (χ3v) is 5.49. The summed E-state index contributed by atoms with van der Waals surface area (Å²) in [5.74, 6) is 1.85. The molecule has 1 saturated heterocycles. The molecule has 3 heterocycles. The second-order valence-electron chi connectivity index (χ2n) is 6.98. The Balaban J connectivity index is 1.86. The van der Waals surface area contributed by atoms with E-state index in [1.54, 1.807) is 11.3 Å². The number of hydrogen-bond acceptors (Lipinski definition) is 6. The van der Waals surface area contributed by atoms with Crippen LogP contribution in [0.4, 0.5) is 5.82 Å². The van der Waals surface area contributed by atoms with Gasteiger partial charge in [-0.3, -0.25) is 4.79 Å². The second-order valence-corrected chi connectivity index (χ2v) is 7.84. The molecule has 6 nitrogen and oxygen atoms in total. The van der Waals surface area contributed by atoms with Crippen molar-refractivity contribution >= 4 is 33.3 Å². The first kappa shape index (κ1) is 17.9. The Morgan fingerprint density at radius 2 is 2.00 bits per heavy atom. The molecule has 2 aromatic heterocycles. The topological polar surface area (TPSA) is 61.4 Å². The molecule has 1 aromatic carbocycles. The van der Waals surface area contributed by atoms with E-state index in [1.807, 2.05) is 32.3 Å². The molecule has 3 aromatic rings. The summed E-state index contributed by atoms with van der Waals surface area (Å²) in [6.07, 6.45) is 0.485. The van der Waals surface area contributed by atoms with Gasteiger partial charge in [0.05, 0.1) is 11.9 Å². The first-order chi connectivity index (χ1) is 13.1. The van der Waals surface area contributed by atoms with Crippen molar-refractivity contribution in [2.45, 2.75) is 13.0 Å². The van der Waals surface area contributed by atoms with Gasteiger partial charge in [0.25, 0.3) is 0 Å². The fourth-order valence-corrected chi connectivity index (χ4v) is 4.32. The van der Waals surface area contributed by atoms with Crippen molar-refractivity contribution < 1.29 is 4.79 Å². The van der Waals surface area contributed by atoms with E-state index in [4.69, 9.17) is 9.97 Å². The summed E-state index contributed by atoms with van der Waals surface area (Å²) < 4.78 is 0. The number of nitrogens with zero attached hydrogens (tertiary/aromatic N) is 4. The fraction of sp³-hybridized carbons (Fsp3) is 0.350. The minimum absolute atomic E-state index is 0.102. The Morgan fingerprint density at radius 1 is 1.19 bits per heavy atom. The number of carbonyl (C=O) groups is 1. The summed E-state index contributed by atoms with van der Waals surface area (Å²) in [7, 11) is 4.04.